The molecule has 31 heavy (non-hydrogen) atoms. The number of hydrogen-bond acceptors (Lipinski definition) is 7. The Morgan fingerprint density at radius 2 is 1.74 bits per heavy atom. The number of amides is 2. The van der Waals surface area contributed by atoms with Crippen molar-refractivity contribution in [3.05, 3.63) is 58.6 Å². The van der Waals surface area contributed by atoms with Crippen LogP contribution in [0.4, 0.5) is 17.1 Å². The van der Waals surface area contributed by atoms with E-state index >= 15 is 0 Å². The normalized spacial score (nSPS) is 19.7. The van der Waals surface area contributed by atoms with Gasteiger partial charge in [0.05, 0.1) is 29.7 Å². The molecule has 2 aliphatic heterocycles. The summed E-state index contributed by atoms with van der Waals surface area (Å²) in [5.74, 6) is 0.213. The molecule has 2 fully saturated rings. The van der Waals surface area contributed by atoms with Crippen LogP contribution < -0.4 is 14.5 Å². The summed E-state index contributed by atoms with van der Waals surface area (Å²) in [6.45, 7) is 5.00. The standard InChI is InChI=1S/C22H24N4O5/c1-2-31-19-5-3-4-18(14-19)25-21(27)15-20(22(25)28)24-12-10-23(11-13-24)16-6-8-17(9-7-16)26(29)30/h3-9,14,20H,2,10-13,15H2,1H3/t20-/m1/s1. The van der Waals surface area contributed by atoms with Crippen molar-refractivity contribution in [2.75, 3.05) is 42.6 Å². The number of carbonyl (C=O) groups excluding carboxylic acids is 2. The van der Waals surface area contributed by atoms with E-state index in [1.807, 2.05) is 6.92 Å². The number of anilines is 2. The third-order valence-electron chi connectivity index (χ3n) is 5.69. The van der Waals surface area contributed by atoms with Crippen molar-refractivity contribution in [1.29, 1.82) is 0 Å². The molecule has 4 rings (SSSR count). The molecule has 1 atom stereocenters. The van der Waals surface area contributed by atoms with E-state index < -0.39 is 11.0 Å². The number of imide groups is 1. The zero-order chi connectivity index (χ0) is 22.0. The topological polar surface area (TPSA) is 96.2 Å². The number of hydrogen-bond donors (Lipinski definition) is 0. The van der Waals surface area contributed by atoms with Crippen molar-refractivity contribution in [2.45, 2.75) is 19.4 Å². The molecule has 162 valence electrons. The highest BCUT2D eigenvalue weighted by atomic mass is 16.6. The van der Waals surface area contributed by atoms with Crippen molar-refractivity contribution in [2.24, 2.45) is 0 Å². The SMILES string of the molecule is CCOc1cccc(N2C(=O)C[C@@H](N3CCN(c4ccc([N+](=O)[O-])cc4)CC3)C2=O)c1. The Morgan fingerprint density at radius 3 is 2.39 bits per heavy atom. The summed E-state index contributed by atoms with van der Waals surface area (Å²) in [4.78, 5) is 41.6. The van der Waals surface area contributed by atoms with Crippen molar-refractivity contribution in [1.82, 2.24) is 4.90 Å². The number of nitro groups is 1. The van der Waals surface area contributed by atoms with E-state index in [0.29, 0.717) is 44.2 Å². The molecule has 9 nitrogen and oxygen atoms in total. The predicted molar refractivity (Wildman–Crippen MR) is 115 cm³/mol. The molecule has 0 spiro atoms. The number of rotatable bonds is 6. The van der Waals surface area contributed by atoms with E-state index in [9.17, 15) is 19.7 Å². The molecule has 2 amide bonds. The number of nitrogens with zero attached hydrogens (tertiary/aromatic N) is 4. The van der Waals surface area contributed by atoms with E-state index in [1.54, 1.807) is 36.4 Å². The van der Waals surface area contributed by atoms with Crippen LogP contribution in [0.25, 0.3) is 0 Å². The summed E-state index contributed by atoms with van der Waals surface area (Å²) in [6.07, 6.45) is 0.162. The van der Waals surface area contributed by atoms with Gasteiger partial charge in [0.25, 0.3) is 11.6 Å². The molecule has 0 bridgehead atoms. The van der Waals surface area contributed by atoms with Gasteiger partial charge in [0.2, 0.25) is 5.91 Å². The lowest BCUT2D eigenvalue weighted by atomic mass is 10.1. The van der Waals surface area contributed by atoms with Gasteiger partial charge in [0.1, 0.15) is 5.75 Å². The van der Waals surface area contributed by atoms with Gasteiger partial charge in [0, 0.05) is 50.1 Å². The summed E-state index contributed by atoms with van der Waals surface area (Å²) in [6, 6.07) is 13.0. The summed E-state index contributed by atoms with van der Waals surface area (Å²) in [5.41, 5.74) is 1.51. The van der Waals surface area contributed by atoms with Crippen LogP contribution in [0.2, 0.25) is 0 Å². The Kier molecular flexibility index (Phi) is 5.85. The van der Waals surface area contributed by atoms with Crippen LogP contribution in [0.1, 0.15) is 13.3 Å². The van der Waals surface area contributed by atoms with Gasteiger partial charge in [-0.2, -0.15) is 0 Å². The van der Waals surface area contributed by atoms with Crippen LogP contribution >= 0.6 is 0 Å². The van der Waals surface area contributed by atoms with Gasteiger partial charge in [-0.1, -0.05) is 6.07 Å². The first-order chi connectivity index (χ1) is 15.0. The maximum absolute atomic E-state index is 13.1. The Morgan fingerprint density at radius 1 is 1.03 bits per heavy atom. The largest absolute Gasteiger partial charge is 0.494 e. The quantitative estimate of drug-likeness (QED) is 0.399. The molecule has 0 N–H and O–H groups in total. The number of benzene rings is 2. The molecule has 0 unspecified atom stereocenters. The van der Waals surface area contributed by atoms with Crippen LogP contribution in [-0.2, 0) is 9.59 Å². The Balaban J connectivity index is 1.41. The number of ether oxygens (including phenoxy) is 1. The second-order valence-electron chi connectivity index (χ2n) is 7.51. The molecule has 2 aromatic rings. The molecular formula is C22H24N4O5. The molecule has 0 saturated carbocycles. The predicted octanol–water partition coefficient (Wildman–Crippen LogP) is 2.45. The van der Waals surface area contributed by atoms with Gasteiger partial charge in [-0.3, -0.25) is 24.6 Å². The average Bonchev–Trinajstić information content (AvgIpc) is 3.08. The second kappa shape index (κ2) is 8.73. The summed E-state index contributed by atoms with van der Waals surface area (Å²) >= 11 is 0. The van der Waals surface area contributed by atoms with E-state index in [2.05, 4.69) is 9.80 Å². The van der Waals surface area contributed by atoms with E-state index in [4.69, 9.17) is 4.74 Å². The minimum Gasteiger partial charge on any atom is -0.494 e. The molecule has 0 aromatic heterocycles. The minimum atomic E-state index is -0.470. The van der Waals surface area contributed by atoms with Gasteiger partial charge in [-0.25, -0.2) is 4.90 Å². The summed E-state index contributed by atoms with van der Waals surface area (Å²) in [5, 5.41) is 10.8. The van der Waals surface area contributed by atoms with Crippen molar-refractivity contribution in [3.63, 3.8) is 0 Å². The molecule has 9 heteroatoms. The molecule has 0 radical (unpaired) electrons. The smallest absolute Gasteiger partial charge is 0.269 e. The fourth-order valence-electron chi connectivity index (χ4n) is 4.13. The maximum Gasteiger partial charge on any atom is 0.269 e. The van der Waals surface area contributed by atoms with Gasteiger partial charge in [0.15, 0.2) is 0 Å². The first-order valence-corrected chi connectivity index (χ1v) is 10.3. The minimum absolute atomic E-state index is 0.0611. The van der Waals surface area contributed by atoms with Crippen LogP contribution in [0, 0.1) is 10.1 Å². The molecular weight excluding hydrogens is 400 g/mol. The number of carbonyl (C=O) groups is 2. The Labute approximate surface area is 179 Å². The van der Waals surface area contributed by atoms with Crippen molar-refractivity contribution in [3.8, 4) is 5.75 Å². The van der Waals surface area contributed by atoms with Crippen molar-refractivity contribution < 1.29 is 19.2 Å². The average molecular weight is 424 g/mol. The van der Waals surface area contributed by atoms with Gasteiger partial charge in [-0.05, 0) is 31.2 Å². The third kappa shape index (κ3) is 4.22. The maximum atomic E-state index is 13.1. The second-order valence-corrected chi connectivity index (χ2v) is 7.51. The van der Waals surface area contributed by atoms with Crippen LogP contribution in [0.5, 0.6) is 5.75 Å². The van der Waals surface area contributed by atoms with Gasteiger partial charge in [-0.15, -0.1) is 0 Å². The fraction of sp³-hybridized carbons (Fsp3) is 0.364. The van der Waals surface area contributed by atoms with E-state index in [-0.39, 0.29) is 23.9 Å². The molecule has 2 aliphatic rings. The monoisotopic (exact) mass is 424 g/mol. The van der Waals surface area contributed by atoms with Crippen LogP contribution in [0.3, 0.4) is 0 Å². The van der Waals surface area contributed by atoms with Crippen LogP contribution in [-0.4, -0.2) is 60.5 Å². The summed E-state index contributed by atoms with van der Waals surface area (Å²) in [7, 11) is 0. The Hall–Kier alpha value is -3.46. The van der Waals surface area contributed by atoms with Crippen molar-refractivity contribution >= 4 is 28.9 Å². The lowest BCUT2D eigenvalue weighted by molar-refractivity contribution is -0.384. The third-order valence-corrected chi connectivity index (χ3v) is 5.69. The zero-order valence-electron chi connectivity index (χ0n) is 17.3. The fourth-order valence-corrected chi connectivity index (χ4v) is 4.13. The highest BCUT2D eigenvalue weighted by Crippen LogP contribution is 2.29. The van der Waals surface area contributed by atoms with E-state index in [0.717, 1.165) is 5.69 Å². The number of non-ortho nitro benzene ring substituents is 1. The van der Waals surface area contributed by atoms with Crippen LogP contribution in [0.15, 0.2) is 48.5 Å². The number of nitro benzene ring substituents is 1. The lowest BCUT2D eigenvalue weighted by Crippen LogP contribution is -2.52. The molecule has 0 aliphatic carbocycles. The highest BCUT2D eigenvalue weighted by molar-refractivity contribution is 6.22. The summed E-state index contributed by atoms with van der Waals surface area (Å²) < 4.78 is 5.49. The Bertz CT molecular complexity index is 986. The zero-order valence-corrected chi connectivity index (χ0v) is 17.3. The van der Waals surface area contributed by atoms with Gasteiger partial charge < -0.3 is 9.64 Å². The highest BCUT2D eigenvalue weighted by Gasteiger charge is 2.43. The lowest BCUT2D eigenvalue weighted by Gasteiger charge is -2.38. The number of piperazine rings is 1. The molecule has 2 heterocycles. The van der Waals surface area contributed by atoms with Gasteiger partial charge >= 0.3 is 0 Å². The molecule has 2 aromatic carbocycles. The van der Waals surface area contributed by atoms with E-state index in [1.165, 1.54) is 17.0 Å². The molecule has 2 saturated heterocycles. The first kappa shape index (κ1) is 20.8. The first-order valence-electron chi connectivity index (χ1n) is 10.3.